The standard InChI is InChI=1S/C17H23N3O2S.ClH/c1-21-16-8-12(9-19-10-14-11-20-17(18)23-14)6-7-15(16)22-13-4-2-3-5-13;/h6-8,11,13,19H,2-5,9-10H2,1H3,(H2,18,20);1H. The molecule has 0 saturated heterocycles. The Hall–Kier alpha value is -1.50. The van der Waals surface area contributed by atoms with E-state index in [-0.39, 0.29) is 12.4 Å². The van der Waals surface area contributed by atoms with E-state index in [9.17, 15) is 0 Å². The summed E-state index contributed by atoms with van der Waals surface area (Å²) in [5, 5.41) is 4.00. The number of nitrogens with zero attached hydrogens (tertiary/aromatic N) is 1. The maximum absolute atomic E-state index is 6.06. The summed E-state index contributed by atoms with van der Waals surface area (Å²) in [6, 6.07) is 6.14. The number of nitrogens with two attached hydrogens (primary N) is 1. The van der Waals surface area contributed by atoms with E-state index in [1.807, 2.05) is 18.3 Å². The van der Waals surface area contributed by atoms with Gasteiger partial charge in [-0.3, -0.25) is 0 Å². The summed E-state index contributed by atoms with van der Waals surface area (Å²) in [4.78, 5) is 5.18. The van der Waals surface area contributed by atoms with Crippen LogP contribution in [0.4, 0.5) is 5.13 Å². The molecule has 1 aromatic heterocycles. The number of thiazole rings is 1. The summed E-state index contributed by atoms with van der Waals surface area (Å²) in [5.41, 5.74) is 6.80. The number of anilines is 1. The van der Waals surface area contributed by atoms with Crippen LogP contribution in [0.15, 0.2) is 24.4 Å². The minimum atomic E-state index is 0. The molecule has 7 heteroatoms. The summed E-state index contributed by atoms with van der Waals surface area (Å²) < 4.78 is 11.5. The number of nitrogens with one attached hydrogen (secondary N) is 1. The molecule has 5 nitrogen and oxygen atoms in total. The van der Waals surface area contributed by atoms with Crippen molar-refractivity contribution in [1.82, 2.24) is 10.3 Å². The lowest BCUT2D eigenvalue weighted by Gasteiger charge is -2.16. The number of methoxy groups -OCH3 is 1. The molecule has 0 unspecified atom stereocenters. The van der Waals surface area contributed by atoms with Gasteiger partial charge in [-0.2, -0.15) is 0 Å². The summed E-state index contributed by atoms with van der Waals surface area (Å²) in [6.45, 7) is 1.52. The summed E-state index contributed by atoms with van der Waals surface area (Å²) in [5.74, 6) is 1.65. The van der Waals surface area contributed by atoms with Crippen LogP contribution in [0.1, 0.15) is 36.1 Å². The fourth-order valence-corrected chi connectivity index (χ4v) is 3.49. The van der Waals surface area contributed by atoms with Gasteiger partial charge < -0.3 is 20.5 Å². The van der Waals surface area contributed by atoms with Crippen LogP contribution in [-0.2, 0) is 13.1 Å². The molecule has 1 saturated carbocycles. The van der Waals surface area contributed by atoms with Gasteiger partial charge in [-0.05, 0) is 43.4 Å². The second kappa shape index (κ2) is 9.11. The third-order valence-electron chi connectivity index (χ3n) is 4.02. The van der Waals surface area contributed by atoms with Crippen molar-refractivity contribution in [3.05, 3.63) is 34.8 Å². The van der Waals surface area contributed by atoms with Gasteiger partial charge in [-0.15, -0.1) is 23.7 Å². The molecule has 1 aliphatic rings. The minimum absolute atomic E-state index is 0. The fourth-order valence-electron chi connectivity index (χ4n) is 2.84. The average Bonchev–Trinajstić information content (AvgIpc) is 3.20. The number of hydrogen-bond donors (Lipinski definition) is 2. The van der Waals surface area contributed by atoms with Crippen LogP contribution in [0.3, 0.4) is 0 Å². The topological polar surface area (TPSA) is 69.4 Å². The lowest BCUT2D eigenvalue weighted by molar-refractivity contribution is 0.200. The Morgan fingerprint density at radius 3 is 2.71 bits per heavy atom. The molecule has 3 rings (SSSR count). The normalized spacial score (nSPS) is 14.4. The number of aromatic nitrogens is 1. The zero-order chi connectivity index (χ0) is 16.1. The van der Waals surface area contributed by atoms with Crippen LogP contribution in [0.5, 0.6) is 11.5 Å². The number of rotatable bonds is 7. The Labute approximate surface area is 153 Å². The molecule has 0 spiro atoms. The zero-order valence-electron chi connectivity index (χ0n) is 13.8. The SMILES string of the molecule is COc1cc(CNCc2cnc(N)s2)ccc1OC1CCCC1.Cl. The minimum Gasteiger partial charge on any atom is -0.493 e. The molecule has 0 aliphatic heterocycles. The van der Waals surface area contributed by atoms with Crippen molar-refractivity contribution in [1.29, 1.82) is 0 Å². The van der Waals surface area contributed by atoms with E-state index in [0.29, 0.717) is 11.2 Å². The molecule has 0 amide bonds. The Balaban J connectivity index is 0.00000208. The lowest BCUT2D eigenvalue weighted by Crippen LogP contribution is -2.13. The highest BCUT2D eigenvalue weighted by molar-refractivity contribution is 7.15. The van der Waals surface area contributed by atoms with Crippen LogP contribution in [0.25, 0.3) is 0 Å². The molecule has 24 heavy (non-hydrogen) atoms. The quantitative estimate of drug-likeness (QED) is 0.777. The highest BCUT2D eigenvalue weighted by atomic mass is 35.5. The summed E-state index contributed by atoms with van der Waals surface area (Å²) >= 11 is 1.51. The number of halogens is 1. The van der Waals surface area contributed by atoms with Crippen LogP contribution in [0, 0.1) is 0 Å². The van der Waals surface area contributed by atoms with Crippen molar-refractivity contribution >= 4 is 28.9 Å². The van der Waals surface area contributed by atoms with E-state index in [2.05, 4.69) is 16.4 Å². The van der Waals surface area contributed by atoms with Gasteiger partial charge in [0.2, 0.25) is 0 Å². The van der Waals surface area contributed by atoms with Crippen molar-refractivity contribution < 1.29 is 9.47 Å². The second-order valence-corrected chi connectivity index (χ2v) is 6.92. The molecule has 3 N–H and O–H groups in total. The predicted octanol–water partition coefficient (Wildman–Crippen LogP) is 3.77. The largest absolute Gasteiger partial charge is 0.493 e. The van der Waals surface area contributed by atoms with Gasteiger partial charge in [0.25, 0.3) is 0 Å². The first-order valence-electron chi connectivity index (χ1n) is 7.99. The zero-order valence-corrected chi connectivity index (χ0v) is 15.4. The third-order valence-corrected chi connectivity index (χ3v) is 4.85. The molecule has 0 bridgehead atoms. The van der Waals surface area contributed by atoms with Crippen molar-refractivity contribution in [3.63, 3.8) is 0 Å². The Kier molecular flexibility index (Phi) is 7.15. The van der Waals surface area contributed by atoms with E-state index in [0.717, 1.165) is 47.9 Å². The van der Waals surface area contributed by atoms with Crippen molar-refractivity contribution in [2.45, 2.75) is 44.9 Å². The Bertz CT molecular complexity index is 645. The molecule has 0 radical (unpaired) electrons. The maximum atomic E-state index is 6.06. The van der Waals surface area contributed by atoms with Crippen LogP contribution in [-0.4, -0.2) is 18.2 Å². The molecule has 132 valence electrons. The first-order chi connectivity index (χ1) is 11.2. The Morgan fingerprint density at radius 2 is 2.04 bits per heavy atom. The van der Waals surface area contributed by atoms with E-state index in [1.165, 1.54) is 24.2 Å². The molecule has 2 aromatic rings. The molecule has 1 fully saturated rings. The monoisotopic (exact) mass is 369 g/mol. The molecule has 1 aliphatic carbocycles. The second-order valence-electron chi connectivity index (χ2n) is 5.78. The van der Waals surface area contributed by atoms with Gasteiger partial charge in [0.1, 0.15) is 0 Å². The number of nitrogen functional groups attached to an aromatic ring is 1. The highest BCUT2D eigenvalue weighted by Crippen LogP contribution is 2.32. The summed E-state index contributed by atoms with van der Waals surface area (Å²) in [6.07, 6.45) is 6.96. The summed E-state index contributed by atoms with van der Waals surface area (Å²) in [7, 11) is 1.69. The van der Waals surface area contributed by atoms with Gasteiger partial charge in [0.15, 0.2) is 16.6 Å². The maximum Gasteiger partial charge on any atom is 0.180 e. The van der Waals surface area contributed by atoms with Gasteiger partial charge in [-0.1, -0.05) is 6.07 Å². The first kappa shape index (κ1) is 18.8. The lowest BCUT2D eigenvalue weighted by atomic mass is 10.2. The van der Waals surface area contributed by atoms with E-state index >= 15 is 0 Å². The Morgan fingerprint density at radius 1 is 1.25 bits per heavy atom. The van der Waals surface area contributed by atoms with Gasteiger partial charge >= 0.3 is 0 Å². The first-order valence-corrected chi connectivity index (χ1v) is 8.80. The smallest absolute Gasteiger partial charge is 0.180 e. The highest BCUT2D eigenvalue weighted by Gasteiger charge is 2.18. The number of benzene rings is 1. The van der Waals surface area contributed by atoms with Crippen LogP contribution in [0.2, 0.25) is 0 Å². The van der Waals surface area contributed by atoms with Gasteiger partial charge in [-0.25, -0.2) is 4.98 Å². The number of hydrogen-bond acceptors (Lipinski definition) is 6. The fraction of sp³-hybridized carbons (Fsp3) is 0.471. The molecule has 0 atom stereocenters. The van der Waals surface area contributed by atoms with Crippen molar-refractivity contribution in [3.8, 4) is 11.5 Å². The van der Waals surface area contributed by atoms with Crippen LogP contribution >= 0.6 is 23.7 Å². The van der Waals surface area contributed by atoms with E-state index in [4.69, 9.17) is 15.2 Å². The third kappa shape index (κ3) is 5.00. The van der Waals surface area contributed by atoms with Crippen molar-refractivity contribution in [2.24, 2.45) is 0 Å². The predicted molar refractivity (Wildman–Crippen MR) is 100 cm³/mol. The van der Waals surface area contributed by atoms with Gasteiger partial charge in [0, 0.05) is 24.2 Å². The van der Waals surface area contributed by atoms with Gasteiger partial charge in [0.05, 0.1) is 13.2 Å². The molecule has 1 aromatic carbocycles. The number of ether oxygens (including phenoxy) is 2. The molecule has 1 heterocycles. The van der Waals surface area contributed by atoms with E-state index in [1.54, 1.807) is 7.11 Å². The van der Waals surface area contributed by atoms with Crippen LogP contribution < -0.4 is 20.5 Å². The average molecular weight is 370 g/mol. The molecular formula is C17H24ClN3O2S. The molecular weight excluding hydrogens is 346 g/mol. The van der Waals surface area contributed by atoms with E-state index < -0.39 is 0 Å². The van der Waals surface area contributed by atoms with Crippen molar-refractivity contribution in [2.75, 3.05) is 12.8 Å².